The fourth-order valence-corrected chi connectivity index (χ4v) is 5.00. The summed E-state index contributed by atoms with van der Waals surface area (Å²) in [4.78, 5) is 23.4. The Kier molecular flexibility index (Phi) is 8.23. The maximum atomic E-state index is 13.8. The van der Waals surface area contributed by atoms with E-state index in [2.05, 4.69) is 9.97 Å². The minimum Gasteiger partial charge on any atom is -0.497 e. The number of carbonyl (C=O) groups is 1. The molecule has 38 heavy (non-hydrogen) atoms. The van der Waals surface area contributed by atoms with Gasteiger partial charge in [0.2, 0.25) is 0 Å². The number of nitrogens with zero attached hydrogens (tertiary/aromatic N) is 3. The number of hydrogen-bond acceptors (Lipinski definition) is 6. The van der Waals surface area contributed by atoms with Gasteiger partial charge in [-0.05, 0) is 48.4 Å². The third-order valence-electron chi connectivity index (χ3n) is 6.09. The van der Waals surface area contributed by atoms with Crippen molar-refractivity contribution in [3.63, 3.8) is 0 Å². The second-order valence-corrected chi connectivity index (χ2v) is 9.62. The van der Waals surface area contributed by atoms with E-state index in [1.807, 2.05) is 24.3 Å². The van der Waals surface area contributed by atoms with Crippen LogP contribution in [0.15, 0.2) is 72.5 Å². The van der Waals surface area contributed by atoms with Crippen molar-refractivity contribution in [2.75, 3.05) is 19.1 Å². The average Bonchev–Trinajstić information content (AvgIpc) is 3.45. The van der Waals surface area contributed by atoms with Gasteiger partial charge in [-0.1, -0.05) is 35.9 Å². The number of amides is 1. The molecule has 1 atom stereocenters. The Bertz CT molecular complexity index is 1330. The van der Waals surface area contributed by atoms with Crippen LogP contribution in [0.5, 0.6) is 11.5 Å². The van der Waals surface area contributed by atoms with Crippen LogP contribution in [-0.4, -0.2) is 36.1 Å². The van der Waals surface area contributed by atoms with Crippen molar-refractivity contribution in [3.8, 4) is 11.5 Å². The molecule has 1 unspecified atom stereocenters. The molecule has 2 aromatic heterocycles. The number of methoxy groups -OCH3 is 2. The lowest BCUT2D eigenvalue weighted by atomic mass is 9.84. The van der Waals surface area contributed by atoms with Crippen LogP contribution < -0.4 is 14.4 Å². The maximum Gasteiger partial charge on any atom is 0.418 e. The molecule has 0 bridgehead atoms. The van der Waals surface area contributed by atoms with Crippen molar-refractivity contribution in [1.29, 1.82) is 0 Å². The van der Waals surface area contributed by atoms with Crippen LogP contribution in [-0.2, 0) is 6.18 Å². The van der Waals surface area contributed by atoms with Crippen molar-refractivity contribution in [2.45, 2.75) is 25.1 Å². The van der Waals surface area contributed by atoms with Crippen molar-refractivity contribution in [1.82, 2.24) is 9.97 Å². The number of ether oxygens (including phenoxy) is 2. The molecule has 4 aromatic rings. The first kappa shape index (κ1) is 27.4. The molecule has 0 aliphatic heterocycles. The maximum absolute atomic E-state index is 13.8. The fourth-order valence-electron chi connectivity index (χ4n) is 4.24. The Morgan fingerprint density at radius 1 is 0.974 bits per heavy atom. The second kappa shape index (κ2) is 11.4. The van der Waals surface area contributed by atoms with Crippen LogP contribution in [0.2, 0.25) is 5.02 Å². The van der Waals surface area contributed by atoms with Gasteiger partial charge in [0.1, 0.15) is 22.2 Å². The number of alkyl halides is 3. The Morgan fingerprint density at radius 2 is 1.53 bits per heavy atom. The average molecular weight is 562 g/mol. The summed E-state index contributed by atoms with van der Waals surface area (Å²) in [5.74, 6) is 0.105. The topological polar surface area (TPSA) is 64.6 Å². The number of aromatic nitrogens is 2. The molecule has 0 aliphatic carbocycles. The first-order valence-corrected chi connectivity index (χ1v) is 12.6. The Balaban J connectivity index is 1.89. The largest absolute Gasteiger partial charge is 0.497 e. The number of halogens is 4. The van der Waals surface area contributed by atoms with E-state index in [9.17, 15) is 18.0 Å². The summed E-state index contributed by atoms with van der Waals surface area (Å²) >= 11 is 6.92. The zero-order valence-corrected chi connectivity index (χ0v) is 22.1. The molecule has 2 heterocycles. The number of carbonyl (C=O) groups excluding carboxylic acids is 1. The summed E-state index contributed by atoms with van der Waals surface area (Å²) in [6.07, 6.45) is -2.44. The Hall–Kier alpha value is -3.63. The summed E-state index contributed by atoms with van der Waals surface area (Å²) in [6.45, 7) is 1.77. The van der Waals surface area contributed by atoms with Gasteiger partial charge in [-0.3, -0.25) is 14.7 Å². The molecule has 1 amide bonds. The molecule has 0 saturated heterocycles. The fraction of sp³-hybridized carbons (Fsp3) is 0.222. The summed E-state index contributed by atoms with van der Waals surface area (Å²) in [7, 11) is 3.11. The van der Waals surface area contributed by atoms with Gasteiger partial charge in [0, 0.05) is 18.2 Å². The van der Waals surface area contributed by atoms with Crippen LogP contribution in [0, 0.1) is 0 Å². The molecule has 0 radical (unpaired) electrons. The summed E-state index contributed by atoms with van der Waals surface area (Å²) < 4.78 is 51.8. The minimum atomic E-state index is -4.73. The molecule has 6 nitrogen and oxygen atoms in total. The van der Waals surface area contributed by atoms with Gasteiger partial charge < -0.3 is 9.47 Å². The zero-order chi connectivity index (χ0) is 27.4. The standard InChI is InChI=1S/C27H23ClF3N3O3S/c1-16(25(17-4-8-19(36-2)9-5-17)18-6-10-20(37-3)11-7-18)34(26(35)23-14-32-15-38-23)24-12-21(27(29,30)31)22(28)13-33-24/h4-16,25H,1-3H3. The highest BCUT2D eigenvalue weighted by atomic mass is 35.5. The summed E-state index contributed by atoms with van der Waals surface area (Å²) in [5.41, 5.74) is 2.03. The van der Waals surface area contributed by atoms with E-state index in [0.29, 0.717) is 11.5 Å². The van der Waals surface area contributed by atoms with Crippen molar-refractivity contribution < 1.29 is 27.4 Å². The number of thiazole rings is 1. The van der Waals surface area contributed by atoms with Crippen LogP contribution in [0.3, 0.4) is 0 Å². The number of anilines is 1. The van der Waals surface area contributed by atoms with Gasteiger partial charge in [-0.2, -0.15) is 13.2 Å². The highest BCUT2D eigenvalue weighted by Crippen LogP contribution is 2.39. The lowest BCUT2D eigenvalue weighted by molar-refractivity contribution is -0.137. The first-order chi connectivity index (χ1) is 18.1. The van der Waals surface area contributed by atoms with E-state index in [-0.39, 0.29) is 10.7 Å². The monoisotopic (exact) mass is 561 g/mol. The normalized spacial score (nSPS) is 12.3. The van der Waals surface area contributed by atoms with Gasteiger partial charge in [-0.25, -0.2) is 4.98 Å². The van der Waals surface area contributed by atoms with Crippen molar-refractivity contribution in [3.05, 3.63) is 99.1 Å². The number of rotatable bonds is 8. The second-order valence-electron chi connectivity index (χ2n) is 8.33. The Morgan fingerprint density at radius 3 is 1.97 bits per heavy atom. The van der Waals surface area contributed by atoms with E-state index < -0.39 is 34.6 Å². The SMILES string of the molecule is COc1ccc(C(c2ccc(OC)cc2)C(C)N(C(=O)c2cncs2)c2cc(C(F)(F)F)c(Cl)cn2)cc1. The third kappa shape index (κ3) is 5.76. The highest BCUT2D eigenvalue weighted by Gasteiger charge is 2.37. The lowest BCUT2D eigenvalue weighted by Crippen LogP contribution is -2.43. The molecule has 2 aromatic carbocycles. The van der Waals surface area contributed by atoms with Crippen molar-refractivity contribution >= 4 is 34.7 Å². The molecule has 0 aliphatic rings. The molecule has 0 spiro atoms. The predicted molar refractivity (Wildman–Crippen MR) is 140 cm³/mol. The summed E-state index contributed by atoms with van der Waals surface area (Å²) in [5, 5.41) is -0.555. The van der Waals surface area contributed by atoms with Gasteiger partial charge in [0.25, 0.3) is 5.91 Å². The van der Waals surface area contributed by atoms with Gasteiger partial charge >= 0.3 is 6.18 Å². The minimum absolute atomic E-state index is 0.181. The number of hydrogen-bond donors (Lipinski definition) is 0. The molecule has 198 valence electrons. The molecule has 0 saturated carbocycles. The van der Waals surface area contributed by atoms with Crippen LogP contribution in [0.1, 0.15) is 39.2 Å². The van der Waals surface area contributed by atoms with E-state index in [1.54, 1.807) is 45.4 Å². The van der Waals surface area contributed by atoms with E-state index in [0.717, 1.165) is 34.7 Å². The molecule has 4 rings (SSSR count). The highest BCUT2D eigenvalue weighted by molar-refractivity contribution is 7.11. The smallest absolute Gasteiger partial charge is 0.418 e. The van der Waals surface area contributed by atoms with Crippen LogP contribution in [0.4, 0.5) is 19.0 Å². The first-order valence-electron chi connectivity index (χ1n) is 11.4. The van der Waals surface area contributed by atoms with Gasteiger partial charge in [0.15, 0.2) is 0 Å². The number of benzene rings is 2. The third-order valence-corrected chi connectivity index (χ3v) is 7.16. The summed E-state index contributed by atoms with van der Waals surface area (Å²) in [6, 6.07) is 14.7. The van der Waals surface area contributed by atoms with Crippen LogP contribution in [0.25, 0.3) is 0 Å². The molecule has 11 heteroatoms. The predicted octanol–water partition coefficient (Wildman–Crippen LogP) is 7.09. The van der Waals surface area contributed by atoms with E-state index in [4.69, 9.17) is 21.1 Å². The molecule has 0 N–H and O–H groups in total. The molecule has 0 fully saturated rings. The Labute approximate surface area is 226 Å². The lowest BCUT2D eigenvalue weighted by Gasteiger charge is -2.35. The molecular formula is C27H23ClF3N3O3S. The van der Waals surface area contributed by atoms with E-state index >= 15 is 0 Å². The van der Waals surface area contributed by atoms with Crippen LogP contribution >= 0.6 is 22.9 Å². The van der Waals surface area contributed by atoms with Crippen molar-refractivity contribution in [2.24, 2.45) is 0 Å². The van der Waals surface area contributed by atoms with E-state index in [1.165, 1.54) is 16.6 Å². The number of pyridine rings is 1. The van der Waals surface area contributed by atoms with Gasteiger partial charge in [-0.15, -0.1) is 11.3 Å². The quantitative estimate of drug-likeness (QED) is 0.230. The molecular weight excluding hydrogens is 539 g/mol. The van der Waals surface area contributed by atoms with Gasteiger partial charge in [0.05, 0.1) is 36.5 Å². The zero-order valence-electron chi connectivity index (χ0n) is 20.6.